The zero-order valence-electron chi connectivity index (χ0n) is 11.0. The van der Waals surface area contributed by atoms with Gasteiger partial charge in [-0.3, -0.25) is 4.79 Å². The number of allylic oxidation sites excluding steroid dienone is 3. The molecule has 21 heavy (non-hydrogen) atoms. The summed E-state index contributed by atoms with van der Waals surface area (Å²) in [6, 6.07) is 2.90. The number of ether oxygens (including phenoxy) is 1. The van der Waals surface area contributed by atoms with Crippen molar-refractivity contribution in [3.63, 3.8) is 0 Å². The average Bonchev–Trinajstić information content (AvgIpc) is 2.71. The Balaban J connectivity index is 2.01. The van der Waals surface area contributed by atoms with Gasteiger partial charge >= 0.3 is 0 Å². The van der Waals surface area contributed by atoms with Crippen molar-refractivity contribution in [3.05, 3.63) is 52.8 Å². The van der Waals surface area contributed by atoms with E-state index in [1.165, 1.54) is 24.3 Å². The highest BCUT2D eigenvalue weighted by Gasteiger charge is 2.46. The third-order valence-electron chi connectivity index (χ3n) is 4.11. The quantitative estimate of drug-likeness (QED) is 0.623. The zero-order chi connectivity index (χ0) is 14.8. The molecule has 0 radical (unpaired) electrons. The Morgan fingerprint density at radius 1 is 1.14 bits per heavy atom. The lowest BCUT2D eigenvalue weighted by atomic mass is 9.86. The molecular weight excluding hydrogens is 272 g/mol. The fourth-order valence-electron chi connectivity index (χ4n) is 3.20. The Morgan fingerprint density at radius 2 is 1.90 bits per heavy atom. The van der Waals surface area contributed by atoms with Crippen LogP contribution in [-0.2, 0) is 16.0 Å². The molecule has 0 amide bonds. The number of hydrogen-bond acceptors (Lipinski definition) is 5. The zero-order valence-corrected chi connectivity index (χ0v) is 11.0. The molecule has 0 spiro atoms. The number of aromatic hydroxyl groups is 2. The molecule has 0 fully saturated rings. The Kier molecular flexibility index (Phi) is 2.19. The summed E-state index contributed by atoms with van der Waals surface area (Å²) in [4.78, 5) is 11.4. The van der Waals surface area contributed by atoms with Gasteiger partial charge < -0.3 is 20.1 Å². The van der Waals surface area contributed by atoms with Gasteiger partial charge in [0.25, 0.3) is 0 Å². The second-order valence-electron chi connectivity index (χ2n) is 5.53. The average molecular weight is 284 g/mol. The van der Waals surface area contributed by atoms with E-state index in [4.69, 9.17) is 4.74 Å². The summed E-state index contributed by atoms with van der Waals surface area (Å²) in [5.41, 5.74) is 1.49. The van der Waals surface area contributed by atoms with E-state index in [1.54, 1.807) is 6.08 Å². The highest BCUT2D eigenvalue weighted by Crippen LogP contribution is 2.50. The lowest BCUT2D eigenvalue weighted by molar-refractivity contribution is -0.110. The SMILES string of the molecule is O=C1C=CC2=C3c4cc(O)c(O)cc4CC3(O)COC2=C1. The monoisotopic (exact) mass is 284 g/mol. The van der Waals surface area contributed by atoms with Crippen LogP contribution < -0.4 is 0 Å². The van der Waals surface area contributed by atoms with E-state index in [-0.39, 0.29) is 23.9 Å². The first-order valence-corrected chi connectivity index (χ1v) is 6.57. The van der Waals surface area contributed by atoms with Crippen LogP contribution in [0.3, 0.4) is 0 Å². The van der Waals surface area contributed by atoms with E-state index in [1.807, 2.05) is 0 Å². The molecular formula is C16H12O5. The lowest BCUT2D eigenvalue weighted by Gasteiger charge is -2.33. The first-order chi connectivity index (χ1) is 9.98. The highest BCUT2D eigenvalue weighted by molar-refractivity contribution is 6.04. The van der Waals surface area contributed by atoms with E-state index in [0.717, 1.165) is 5.56 Å². The number of carbonyl (C=O) groups excluding carboxylic acids is 1. The van der Waals surface area contributed by atoms with Crippen LogP contribution in [0, 0.1) is 0 Å². The Labute approximate surface area is 120 Å². The molecule has 1 atom stereocenters. The minimum atomic E-state index is -1.21. The van der Waals surface area contributed by atoms with Crippen molar-refractivity contribution in [2.75, 3.05) is 6.61 Å². The van der Waals surface area contributed by atoms with Gasteiger partial charge in [0.1, 0.15) is 18.0 Å². The number of phenolic OH excluding ortho intramolecular Hbond substituents is 2. The van der Waals surface area contributed by atoms with Gasteiger partial charge in [0.2, 0.25) is 0 Å². The third kappa shape index (κ3) is 1.58. The van der Waals surface area contributed by atoms with Gasteiger partial charge in [0, 0.05) is 23.6 Å². The molecule has 4 rings (SSSR count). The van der Waals surface area contributed by atoms with Crippen LogP contribution in [0.15, 0.2) is 41.7 Å². The number of phenols is 2. The van der Waals surface area contributed by atoms with Crippen molar-refractivity contribution in [3.8, 4) is 11.5 Å². The van der Waals surface area contributed by atoms with Crippen LogP contribution in [-0.4, -0.2) is 33.3 Å². The second-order valence-corrected chi connectivity index (χ2v) is 5.53. The van der Waals surface area contributed by atoms with Crippen molar-refractivity contribution in [1.82, 2.24) is 0 Å². The molecule has 3 aliphatic rings. The van der Waals surface area contributed by atoms with Gasteiger partial charge in [-0.2, -0.15) is 0 Å². The predicted octanol–water partition coefficient (Wildman–Crippen LogP) is 1.19. The van der Waals surface area contributed by atoms with Crippen LogP contribution in [0.1, 0.15) is 11.1 Å². The number of ketones is 1. The maximum atomic E-state index is 11.4. The first kappa shape index (κ1) is 12.2. The van der Waals surface area contributed by atoms with Crippen LogP contribution in [0.5, 0.6) is 11.5 Å². The van der Waals surface area contributed by atoms with E-state index in [9.17, 15) is 20.1 Å². The Bertz CT molecular complexity index is 784. The molecule has 1 heterocycles. The number of carbonyl (C=O) groups is 1. The van der Waals surface area contributed by atoms with Gasteiger partial charge in [-0.15, -0.1) is 0 Å². The number of benzene rings is 1. The summed E-state index contributed by atoms with van der Waals surface area (Å²) in [5.74, 6) is -0.180. The fourth-order valence-corrected chi connectivity index (χ4v) is 3.20. The maximum absolute atomic E-state index is 11.4. The summed E-state index contributed by atoms with van der Waals surface area (Å²) < 4.78 is 5.52. The molecule has 1 aliphatic heterocycles. The predicted molar refractivity (Wildman–Crippen MR) is 73.5 cm³/mol. The molecule has 0 bridgehead atoms. The van der Waals surface area contributed by atoms with Crippen LogP contribution in [0.4, 0.5) is 0 Å². The van der Waals surface area contributed by atoms with Gasteiger partial charge in [0.15, 0.2) is 17.3 Å². The van der Waals surface area contributed by atoms with E-state index in [0.29, 0.717) is 28.9 Å². The molecule has 106 valence electrons. The number of aliphatic hydroxyl groups is 1. The Hall–Kier alpha value is -2.53. The molecule has 1 aromatic carbocycles. The van der Waals surface area contributed by atoms with Crippen molar-refractivity contribution in [1.29, 1.82) is 0 Å². The van der Waals surface area contributed by atoms with E-state index >= 15 is 0 Å². The highest BCUT2D eigenvalue weighted by atomic mass is 16.5. The van der Waals surface area contributed by atoms with Crippen molar-refractivity contribution >= 4 is 11.4 Å². The Morgan fingerprint density at radius 3 is 2.71 bits per heavy atom. The standard InChI is InChI=1S/C16H12O5/c17-9-1-2-10-14(4-9)21-7-16(20)6-8-3-12(18)13(19)5-11(8)15(10)16/h1-5,18-20H,6-7H2. The molecule has 5 heteroatoms. The van der Waals surface area contributed by atoms with Gasteiger partial charge in [-0.1, -0.05) is 0 Å². The topological polar surface area (TPSA) is 87.0 Å². The number of hydrogen-bond donors (Lipinski definition) is 3. The van der Waals surface area contributed by atoms with Crippen LogP contribution >= 0.6 is 0 Å². The van der Waals surface area contributed by atoms with Gasteiger partial charge in [-0.05, 0) is 35.4 Å². The second kappa shape index (κ2) is 3.77. The summed E-state index contributed by atoms with van der Waals surface area (Å²) >= 11 is 0. The van der Waals surface area contributed by atoms with Gasteiger partial charge in [0.05, 0.1) is 0 Å². The molecule has 0 aromatic heterocycles. The smallest absolute Gasteiger partial charge is 0.182 e. The first-order valence-electron chi connectivity index (χ1n) is 6.57. The lowest BCUT2D eigenvalue weighted by Crippen LogP contribution is -2.38. The van der Waals surface area contributed by atoms with Crippen LogP contribution in [0.25, 0.3) is 5.57 Å². The molecule has 2 aliphatic carbocycles. The minimum Gasteiger partial charge on any atom is -0.504 e. The third-order valence-corrected chi connectivity index (χ3v) is 4.11. The minimum absolute atomic E-state index is 0.0367. The number of rotatable bonds is 0. The van der Waals surface area contributed by atoms with Crippen LogP contribution in [0.2, 0.25) is 0 Å². The summed E-state index contributed by atoms with van der Waals surface area (Å²) in [7, 11) is 0. The maximum Gasteiger partial charge on any atom is 0.182 e. The summed E-state index contributed by atoms with van der Waals surface area (Å²) in [5, 5.41) is 30.2. The van der Waals surface area contributed by atoms with E-state index < -0.39 is 5.60 Å². The molecule has 1 aromatic rings. The van der Waals surface area contributed by atoms with Crippen molar-refractivity contribution < 1.29 is 24.9 Å². The fraction of sp³-hybridized carbons (Fsp3) is 0.188. The number of fused-ring (bicyclic) bond motifs is 4. The molecule has 0 saturated carbocycles. The molecule has 5 nitrogen and oxygen atoms in total. The van der Waals surface area contributed by atoms with Crippen molar-refractivity contribution in [2.45, 2.75) is 12.0 Å². The van der Waals surface area contributed by atoms with E-state index in [2.05, 4.69) is 0 Å². The molecule has 0 saturated heterocycles. The summed E-state index contributed by atoms with van der Waals surface area (Å²) in [6.45, 7) is 0.0367. The van der Waals surface area contributed by atoms with Gasteiger partial charge in [-0.25, -0.2) is 0 Å². The normalized spacial score (nSPS) is 26.0. The molecule has 3 N–H and O–H groups in total. The van der Waals surface area contributed by atoms with Crippen molar-refractivity contribution in [2.24, 2.45) is 0 Å². The summed E-state index contributed by atoms with van der Waals surface area (Å²) in [6.07, 6.45) is 4.72. The largest absolute Gasteiger partial charge is 0.504 e. The molecule has 1 unspecified atom stereocenters.